The van der Waals surface area contributed by atoms with Crippen LogP contribution >= 0.6 is 0 Å². The van der Waals surface area contributed by atoms with Crippen LogP contribution in [0.3, 0.4) is 0 Å². The van der Waals surface area contributed by atoms with Crippen LogP contribution in [0.25, 0.3) is 0 Å². The first-order valence-corrected chi connectivity index (χ1v) is 2.04. The van der Waals surface area contributed by atoms with Gasteiger partial charge in [0.25, 0.3) is 0 Å². The fourth-order valence-corrected chi connectivity index (χ4v) is 0.204. The van der Waals surface area contributed by atoms with Gasteiger partial charge in [0.05, 0.1) is 6.61 Å². The highest BCUT2D eigenvalue weighted by Gasteiger charge is 1.80. The third-order valence-electron chi connectivity index (χ3n) is 0.438. The topological polar surface area (TPSA) is 55.5 Å². The molecule has 3 heteroatoms. The summed E-state index contributed by atoms with van der Waals surface area (Å²) in [5, 5.41) is 8.05. The lowest BCUT2D eigenvalue weighted by Crippen LogP contribution is -2.01. The smallest absolute Gasteiger partial charge is 0.219 e. The van der Waals surface area contributed by atoms with Gasteiger partial charge < -0.3 is 15.6 Å². The molecule has 0 aliphatic heterocycles. The van der Waals surface area contributed by atoms with Crippen molar-refractivity contribution < 1.29 is 9.84 Å². The van der Waals surface area contributed by atoms with E-state index < -0.39 is 0 Å². The average molecular weight is 103 g/mol. The van der Waals surface area contributed by atoms with Crippen LogP contribution in [0, 0.1) is 0 Å². The second kappa shape index (κ2) is 3.33. The second-order valence-electron chi connectivity index (χ2n) is 0.964. The Morgan fingerprint density at radius 2 is 2.57 bits per heavy atom. The van der Waals surface area contributed by atoms with E-state index in [4.69, 9.17) is 10.8 Å². The molecule has 0 aromatic carbocycles. The monoisotopic (exact) mass is 103 g/mol. The number of aliphatic hydroxyl groups is 1. The Bertz CT molecular complexity index is 70.1. The fraction of sp³-hybridized carbons (Fsp3) is 0.500. The third kappa shape index (κ3) is 2.96. The van der Waals surface area contributed by atoms with Crippen molar-refractivity contribution in [1.82, 2.24) is 0 Å². The van der Waals surface area contributed by atoms with Crippen molar-refractivity contribution in [2.24, 2.45) is 5.73 Å². The number of ether oxygens (including phenoxy) is 1. The molecule has 3 N–H and O–H groups in total. The first-order chi connectivity index (χ1) is 3.31. The summed E-state index contributed by atoms with van der Waals surface area (Å²) in [4.78, 5) is 0. The molecular formula is C4H9NO2. The summed E-state index contributed by atoms with van der Waals surface area (Å²) in [5.41, 5.74) is 4.97. The molecule has 0 radical (unpaired) electrons. The molecule has 0 aliphatic carbocycles. The highest BCUT2D eigenvalue weighted by Crippen LogP contribution is 1.80. The summed E-state index contributed by atoms with van der Waals surface area (Å²) >= 11 is 0. The summed E-state index contributed by atoms with van der Waals surface area (Å²) in [6.45, 7) is 2.28. The molecule has 0 aromatic rings. The van der Waals surface area contributed by atoms with Gasteiger partial charge in [0.15, 0.2) is 0 Å². The van der Waals surface area contributed by atoms with Crippen LogP contribution in [0.5, 0.6) is 0 Å². The molecule has 7 heavy (non-hydrogen) atoms. The molecule has 0 spiro atoms. The number of nitrogens with two attached hydrogens (primary N) is 1. The van der Waals surface area contributed by atoms with E-state index in [2.05, 4.69) is 4.74 Å². The van der Waals surface area contributed by atoms with E-state index in [1.165, 1.54) is 0 Å². The van der Waals surface area contributed by atoms with Crippen molar-refractivity contribution in [3.05, 3.63) is 12.1 Å². The molecule has 42 valence electrons. The zero-order valence-corrected chi connectivity index (χ0v) is 4.22. The SMILES string of the molecule is CCO/C(N)=C/O. The Hall–Kier alpha value is -0.860. The molecule has 0 atom stereocenters. The molecule has 0 aromatic heterocycles. The summed E-state index contributed by atoms with van der Waals surface area (Å²) < 4.78 is 4.58. The maximum absolute atomic E-state index is 8.05. The van der Waals surface area contributed by atoms with Crippen molar-refractivity contribution in [3.63, 3.8) is 0 Å². The van der Waals surface area contributed by atoms with Crippen LogP contribution in [0.2, 0.25) is 0 Å². The zero-order valence-electron chi connectivity index (χ0n) is 4.22. The van der Waals surface area contributed by atoms with Crippen molar-refractivity contribution >= 4 is 0 Å². The van der Waals surface area contributed by atoms with E-state index in [9.17, 15) is 0 Å². The summed E-state index contributed by atoms with van der Waals surface area (Å²) in [6, 6.07) is 0. The minimum Gasteiger partial charge on any atom is -0.510 e. The molecular weight excluding hydrogens is 94.0 g/mol. The minimum atomic E-state index is 0.0579. The lowest BCUT2D eigenvalue weighted by Gasteiger charge is -1.96. The van der Waals surface area contributed by atoms with Crippen molar-refractivity contribution in [3.8, 4) is 0 Å². The van der Waals surface area contributed by atoms with Crippen LogP contribution < -0.4 is 5.73 Å². The standard InChI is InChI=1S/C4H9NO2/c1-2-7-4(5)3-6/h3,6H,2,5H2,1H3/b4-3+. The molecule has 0 aliphatic rings. The van der Waals surface area contributed by atoms with E-state index in [0.29, 0.717) is 6.61 Å². The van der Waals surface area contributed by atoms with Gasteiger partial charge in [-0.3, -0.25) is 0 Å². The van der Waals surface area contributed by atoms with Crippen LogP contribution in [-0.2, 0) is 4.74 Å². The van der Waals surface area contributed by atoms with E-state index in [1.54, 1.807) is 6.92 Å². The Labute approximate surface area is 42.4 Å². The van der Waals surface area contributed by atoms with Gasteiger partial charge in [0.2, 0.25) is 5.88 Å². The zero-order chi connectivity index (χ0) is 5.70. The van der Waals surface area contributed by atoms with Crippen molar-refractivity contribution in [2.75, 3.05) is 6.61 Å². The first kappa shape index (κ1) is 6.14. The molecule has 0 heterocycles. The average Bonchev–Trinajstić information content (AvgIpc) is 1.68. The van der Waals surface area contributed by atoms with Crippen LogP contribution in [0.15, 0.2) is 12.1 Å². The molecule has 0 amide bonds. The molecule has 3 nitrogen and oxygen atoms in total. The normalized spacial score (nSPS) is 11.3. The van der Waals surface area contributed by atoms with Gasteiger partial charge in [-0.25, -0.2) is 0 Å². The van der Waals surface area contributed by atoms with Crippen LogP contribution in [0.1, 0.15) is 6.92 Å². The number of hydrogen-bond donors (Lipinski definition) is 2. The predicted octanol–water partition coefficient (Wildman–Crippen LogP) is 0.339. The van der Waals surface area contributed by atoms with Crippen molar-refractivity contribution in [1.29, 1.82) is 0 Å². The van der Waals surface area contributed by atoms with Crippen LogP contribution in [0.4, 0.5) is 0 Å². The Balaban J connectivity index is 3.17. The first-order valence-electron chi connectivity index (χ1n) is 2.04. The highest BCUT2D eigenvalue weighted by atomic mass is 16.5. The van der Waals surface area contributed by atoms with Gasteiger partial charge in [-0.2, -0.15) is 0 Å². The van der Waals surface area contributed by atoms with E-state index in [0.717, 1.165) is 6.26 Å². The minimum absolute atomic E-state index is 0.0579. The highest BCUT2D eigenvalue weighted by molar-refractivity contribution is 4.75. The summed E-state index contributed by atoms with van der Waals surface area (Å²) in [6.07, 6.45) is 0.726. The maximum Gasteiger partial charge on any atom is 0.219 e. The predicted molar refractivity (Wildman–Crippen MR) is 26.5 cm³/mol. The Morgan fingerprint density at radius 1 is 2.00 bits per heavy atom. The second-order valence-corrected chi connectivity index (χ2v) is 0.964. The van der Waals surface area contributed by atoms with Crippen molar-refractivity contribution in [2.45, 2.75) is 6.92 Å². The van der Waals surface area contributed by atoms with E-state index in [-0.39, 0.29) is 5.88 Å². The quantitative estimate of drug-likeness (QED) is 0.495. The number of rotatable bonds is 2. The third-order valence-corrected chi connectivity index (χ3v) is 0.438. The number of aliphatic hydroxyl groups excluding tert-OH is 1. The van der Waals surface area contributed by atoms with Gasteiger partial charge in [-0.1, -0.05) is 0 Å². The van der Waals surface area contributed by atoms with Gasteiger partial charge in [0.1, 0.15) is 6.26 Å². The molecule has 0 bridgehead atoms. The van der Waals surface area contributed by atoms with E-state index >= 15 is 0 Å². The van der Waals surface area contributed by atoms with Gasteiger partial charge in [-0.05, 0) is 6.92 Å². The number of hydrogen-bond acceptors (Lipinski definition) is 3. The molecule has 0 unspecified atom stereocenters. The van der Waals surface area contributed by atoms with Crippen LogP contribution in [-0.4, -0.2) is 11.7 Å². The maximum atomic E-state index is 8.05. The molecule has 0 saturated carbocycles. The fourth-order valence-electron chi connectivity index (χ4n) is 0.204. The largest absolute Gasteiger partial charge is 0.510 e. The molecule has 0 fully saturated rings. The summed E-state index contributed by atoms with van der Waals surface area (Å²) in [5.74, 6) is 0.0579. The van der Waals surface area contributed by atoms with Gasteiger partial charge in [0, 0.05) is 0 Å². The van der Waals surface area contributed by atoms with Gasteiger partial charge >= 0.3 is 0 Å². The van der Waals surface area contributed by atoms with E-state index in [1.807, 2.05) is 0 Å². The molecule has 0 rings (SSSR count). The lowest BCUT2D eigenvalue weighted by atomic mass is 10.8. The summed E-state index contributed by atoms with van der Waals surface area (Å²) in [7, 11) is 0. The Kier molecular flexibility index (Phi) is 2.92. The van der Waals surface area contributed by atoms with Gasteiger partial charge in [-0.15, -0.1) is 0 Å². The molecule has 0 saturated heterocycles. The Morgan fingerprint density at radius 3 is 2.71 bits per heavy atom. The lowest BCUT2D eigenvalue weighted by molar-refractivity contribution is 0.213.